The number of aliphatic imine (C=N–C) groups is 1. The fourth-order valence-electron chi connectivity index (χ4n) is 3.30. The molecule has 0 amide bonds. The molecule has 7 heteroatoms. The van der Waals surface area contributed by atoms with Crippen LogP contribution in [0.3, 0.4) is 0 Å². The van der Waals surface area contributed by atoms with Crippen molar-refractivity contribution in [1.82, 2.24) is 20.5 Å². The molecule has 0 unspecified atom stereocenters. The number of aromatic nitrogens is 1. The molecule has 1 aromatic carbocycles. The molecule has 0 bridgehead atoms. The van der Waals surface area contributed by atoms with Gasteiger partial charge in [0.05, 0.1) is 19.4 Å². The number of rotatable bonds is 7. The topological polar surface area (TPSA) is 74.9 Å². The monoisotopic (exact) mass is 399 g/mol. The van der Waals surface area contributed by atoms with E-state index in [2.05, 4.69) is 65.3 Å². The third kappa shape index (κ3) is 6.05. The molecular formula is C22H33N5O2. The maximum Gasteiger partial charge on any atom is 0.216 e. The van der Waals surface area contributed by atoms with Gasteiger partial charge in [0.1, 0.15) is 6.54 Å². The lowest BCUT2D eigenvalue weighted by Gasteiger charge is -2.41. The van der Waals surface area contributed by atoms with E-state index in [0.29, 0.717) is 12.4 Å². The number of benzene rings is 1. The summed E-state index contributed by atoms with van der Waals surface area (Å²) in [6.07, 6.45) is 1.76. The molecule has 158 valence electrons. The fraction of sp³-hybridized carbons (Fsp3) is 0.545. The van der Waals surface area contributed by atoms with E-state index in [1.54, 1.807) is 6.20 Å². The van der Waals surface area contributed by atoms with Crippen LogP contribution in [0.2, 0.25) is 0 Å². The number of hydrogen-bond acceptors (Lipinski definition) is 5. The quantitative estimate of drug-likeness (QED) is 0.551. The Labute approximate surface area is 173 Å². The summed E-state index contributed by atoms with van der Waals surface area (Å²) in [5, 5.41) is 6.76. The lowest BCUT2D eigenvalue weighted by Crippen LogP contribution is -2.56. The first-order chi connectivity index (χ1) is 14.0. The van der Waals surface area contributed by atoms with Crippen molar-refractivity contribution in [3.63, 3.8) is 0 Å². The molecule has 1 aliphatic rings. The third-order valence-electron chi connectivity index (χ3n) is 5.16. The highest BCUT2D eigenvalue weighted by molar-refractivity contribution is 5.79. The summed E-state index contributed by atoms with van der Waals surface area (Å²) in [7, 11) is 0. The molecule has 2 aromatic rings. The summed E-state index contributed by atoms with van der Waals surface area (Å²) in [5.41, 5.74) is 2.26. The van der Waals surface area contributed by atoms with Gasteiger partial charge in [0.2, 0.25) is 5.89 Å². The molecule has 2 N–H and O–H groups in total. The molecule has 1 aliphatic heterocycles. The van der Waals surface area contributed by atoms with Crippen molar-refractivity contribution in [2.24, 2.45) is 4.99 Å². The maximum atomic E-state index is 5.88. The van der Waals surface area contributed by atoms with E-state index >= 15 is 0 Å². The summed E-state index contributed by atoms with van der Waals surface area (Å²) in [6, 6.07) is 8.22. The van der Waals surface area contributed by atoms with E-state index in [4.69, 9.17) is 9.15 Å². The van der Waals surface area contributed by atoms with Gasteiger partial charge in [0.15, 0.2) is 11.7 Å². The normalized spacial score (nSPS) is 16.1. The number of morpholine rings is 1. The Morgan fingerprint density at radius 3 is 2.59 bits per heavy atom. The second kappa shape index (κ2) is 9.89. The van der Waals surface area contributed by atoms with Crippen LogP contribution in [0.4, 0.5) is 0 Å². The van der Waals surface area contributed by atoms with Crippen LogP contribution in [0.25, 0.3) is 11.3 Å². The minimum atomic E-state index is 0.0154. The minimum Gasteiger partial charge on any atom is -0.439 e. The summed E-state index contributed by atoms with van der Waals surface area (Å²) in [4.78, 5) is 11.5. The van der Waals surface area contributed by atoms with Crippen LogP contribution in [-0.4, -0.2) is 60.8 Å². The van der Waals surface area contributed by atoms with Crippen molar-refractivity contribution < 1.29 is 9.15 Å². The number of nitrogens with zero attached hydrogens (tertiary/aromatic N) is 3. The van der Waals surface area contributed by atoms with Crippen LogP contribution in [0.5, 0.6) is 0 Å². The molecular weight excluding hydrogens is 366 g/mol. The molecule has 1 aromatic heterocycles. The number of hydrogen-bond donors (Lipinski definition) is 2. The molecule has 3 rings (SSSR count). The van der Waals surface area contributed by atoms with Gasteiger partial charge in [-0.2, -0.15) is 0 Å². The first-order valence-electron chi connectivity index (χ1n) is 10.3. The van der Waals surface area contributed by atoms with Crippen LogP contribution in [0, 0.1) is 6.92 Å². The number of oxazole rings is 1. The molecule has 7 nitrogen and oxygen atoms in total. The summed E-state index contributed by atoms with van der Waals surface area (Å²) < 4.78 is 11.4. The van der Waals surface area contributed by atoms with Crippen LogP contribution in [0.15, 0.2) is 39.9 Å². The van der Waals surface area contributed by atoms with E-state index < -0.39 is 0 Å². The minimum absolute atomic E-state index is 0.0154. The molecule has 2 heterocycles. The number of nitrogens with one attached hydrogen (secondary N) is 2. The van der Waals surface area contributed by atoms with Crippen molar-refractivity contribution in [2.45, 2.75) is 39.8 Å². The van der Waals surface area contributed by atoms with Crippen molar-refractivity contribution in [1.29, 1.82) is 0 Å². The van der Waals surface area contributed by atoms with Crippen LogP contribution in [0.1, 0.15) is 32.2 Å². The lowest BCUT2D eigenvalue weighted by atomic mass is 10.0. The van der Waals surface area contributed by atoms with Crippen LogP contribution in [-0.2, 0) is 11.3 Å². The molecule has 0 radical (unpaired) electrons. The zero-order chi connectivity index (χ0) is 20.7. The Balaban J connectivity index is 1.59. The van der Waals surface area contributed by atoms with Gasteiger partial charge in [0.25, 0.3) is 0 Å². The van der Waals surface area contributed by atoms with Gasteiger partial charge in [-0.15, -0.1) is 0 Å². The Morgan fingerprint density at radius 1 is 1.17 bits per heavy atom. The van der Waals surface area contributed by atoms with Gasteiger partial charge in [-0.05, 0) is 27.7 Å². The van der Waals surface area contributed by atoms with E-state index in [0.717, 1.165) is 56.7 Å². The molecule has 1 saturated heterocycles. The highest BCUT2D eigenvalue weighted by Gasteiger charge is 2.28. The Kier molecular flexibility index (Phi) is 7.28. The van der Waals surface area contributed by atoms with E-state index in [1.807, 2.05) is 12.1 Å². The van der Waals surface area contributed by atoms with Gasteiger partial charge < -0.3 is 19.8 Å². The summed E-state index contributed by atoms with van der Waals surface area (Å²) in [6.45, 7) is 14.1. The Bertz CT molecular complexity index is 792. The average molecular weight is 400 g/mol. The summed E-state index contributed by atoms with van der Waals surface area (Å²) >= 11 is 0. The van der Waals surface area contributed by atoms with Crippen molar-refractivity contribution in [2.75, 3.05) is 39.4 Å². The molecule has 0 saturated carbocycles. The lowest BCUT2D eigenvalue weighted by molar-refractivity contribution is -0.00834. The van der Waals surface area contributed by atoms with Gasteiger partial charge in [-0.3, -0.25) is 4.90 Å². The predicted molar refractivity (Wildman–Crippen MR) is 116 cm³/mol. The van der Waals surface area contributed by atoms with Crippen molar-refractivity contribution >= 4 is 5.96 Å². The zero-order valence-electron chi connectivity index (χ0n) is 18.0. The molecule has 29 heavy (non-hydrogen) atoms. The second-order valence-electron chi connectivity index (χ2n) is 7.94. The third-order valence-corrected chi connectivity index (χ3v) is 5.16. The molecule has 0 atom stereocenters. The van der Waals surface area contributed by atoms with Gasteiger partial charge in [-0.1, -0.05) is 29.8 Å². The zero-order valence-corrected chi connectivity index (χ0v) is 18.0. The smallest absolute Gasteiger partial charge is 0.216 e. The average Bonchev–Trinajstić information content (AvgIpc) is 3.20. The van der Waals surface area contributed by atoms with E-state index in [1.165, 1.54) is 5.56 Å². The predicted octanol–water partition coefficient (Wildman–Crippen LogP) is 2.82. The number of guanidine groups is 1. The van der Waals surface area contributed by atoms with Crippen LogP contribution >= 0.6 is 0 Å². The van der Waals surface area contributed by atoms with E-state index in [9.17, 15) is 0 Å². The SMILES string of the molecule is CCNC(=NCc1ncc(-c2ccc(C)cc2)o1)NCC(C)(C)N1CCOCC1. The molecule has 1 fully saturated rings. The Morgan fingerprint density at radius 2 is 1.90 bits per heavy atom. The van der Waals surface area contributed by atoms with Gasteiger partial charge in [-0.25, -0.2) is 9.98 Å². The van der Waals surface area contributed by atoms with Crippen molar-refractivity contribution in [3.8, 4) is 11.3 Å². The highest BCUT2D eigenvalue weighted by atomic mass is 16.5. The van der Waals surface area contributed by atoms with Gasteiger partial charge in [0, 0.05) is 37.3 Å². The number of ether oxygens (including phenoxy) is 1. The molecule has 0 spiro atoms. The Hall–Kier alpha value is -2.38. The highest BCUT2D eigenvalue weighted by Crippen LogP contribution is 2.21. The first-order valence-corrected chi connectivity index (χ1v) is 10.3. The fourth-order valence-corrected chi connectivity index (χ4v) is 3.30. The van der Waals surface area contributed by atoms with Crippen molar-refractivity contribution in [3.05, 3.63) is 41.9 Å². The van der Waals surface area contributed by atoms with Gasteiger partial charge >= 0.3 is 0 Å². The number of aryl methyl sites for hydroxylation is 1. The second-order valence-corrected chi connectivity index (χ2v) is 7.94. The first kappa shape index (κ1) is 21.3. The molecule has 0 aliphatic carbocycles. The largest absolute Gasteiger partial charge is 0.439 e. The van der Waals surface area contributed by atoms with E-state index in [-0.39, 0.29) is 5.54 Å². The standard InChI is InChI=1S/C22H33N5O2/c1-5-23-21(26-16-22(3,4)27-10-12-28-13-11-27)25-15-20-24-14-19(29-20)18-8-6-17(2)7-9-18/h6-9,14H,5,10-13,15-16H2,1-4H3,(H2,23,25,26). The maximum absolute atomic E-state index is 5.88. The summed E-state index contributed by atoms with van der Waals surface area (Å²) in [5.74, 6) is 2.13. The van der Waals surface area contributed by atoms with Crippen LogP contribution < -0.4 is 10.6 Å².